The lowest BCUT2D eigenvalue weighted by Crippen LogP contribution is -2.34. The van der Waals surface area contributed by atoms with Crippen LogP contribution in [0.3, 0.4) is 0 Å². The Labute approximate surface area is 124 Å². The van der Waals surface area contributed by atoms with Crippen LogP contribution >= 0.6 is 0 Å². The Bertz CT molecular complexity index is 683. The lowest BCUT2D eigenvalue weighted by Gasteiger charge is -2.18. The van der Waals surface area contributed by atoms with Crippen LogP contribution in [-0.4, -0.2) is 21.6 Å². The van der Waals surface area contributed by atoms with Crippen LogP contribution in [0.2, 0.25) is 0 Å². The Morgan fingerprint density at radius 2 is 1.76 bits per heavy atom. The lowest BCUT2D eigenvalue weighted by molar-refractivity contribution is 0.769. The molecule has 1 aromatic heterocycles. The average molecular weight is 287 g/mol. The third kappa shape index (κ3) is 2.80. The molecule has 0 aliphatic carbocycles. The molecule has 0 spiro atoms. The second-order valence-corrected chi connectivity index (χ2v) is 4.93. The van der Waals surface area contributed by atoms with Crippen LogP contribution in [0, 0.1) is 6.92 Å². The summed E-state index contributed by atoms with van der Waals surface area (Å²) in [6.07, 6.45) is 1.68. The minimum Gasteiger partial charge on any atom is -0.282 e. The Morgan fingerprint density at radius 3 is 2.19 bits per heavy atom. The van der Waals surface area contributed by atoms with Gasteiger partial charge >= 0.3 is 5.69 Å². The Hall–Kier alpha value is -2.21. The first-order valence-corrected chi connectivity index (χ1v) is 7.06. The second kappa shape index (κ2) is 6.05. The Morgan fingerprint density at radius 1 is 1.19 bits per heavy atom. The summed E-state index contributed by atoms with van der Waals surface area (Å²) in [5.41, 5.74) is 2.76. The predicted molar refractivity (Wildman–Crippen MR) is 83.7 cm³/mol. The highest BCUT2D eigenvalue weighted by Gasteiger charge is 2.15. The van der Waals surface area contributed by atoms with E-state index in [0.29, 0.717) is 5.82 Å². The number of aromatic nitrogens is 3. The third-order valence-corrected chi connectivity index (χ3v) is 3.48. The summed E-state index contributed by atoms with van der Waals surface area (Å²) in [5, 5.41) is 1.24. The average Bonchev–Trinajstić information content (AvgIpc) is 2.46. The summed E-state index contributed by atoms with van der Waals surface area (Å²) in [7, 11) is 1.61. The summed E-state index contributed by atoms with van der Waals surface area (Å²) in [4.78, 5) is 20.7. The molecule has 0 atom stereocenters. The van der Waals surface area contributed by atoms with Crippen LogP contribution < -0.4 is 16.5 Å². The van der Waals surface area contributed by atoms with Gasteiger partial charge in [0.1, 0.15) is 5.82 Å². The van der Waals surface area contributed by atoms with E-state index in [1.54, 1.807) is 18.5 Å². The molecule has 0 radical (unpaired) electrons. The van der Waals surface area contributed by atoms with E-state index in [2.05, 4.69) is 23.8 Å². The van der Waals surface area contributed by atoms with Gasteiger partial charge < -0.3 is 0 Å². The van der Waals surface area contributed by atoms with Crippen LogP contribution in [0.15, 0.2) is 23.0 Å². The molecule has 1 aromatic carbocycles. The first-order chi connectivity index (χ1) is 9.99. The predicted octanol–water partition coefficient (Wildman–Crippen LogP) is 1.37. The number of anilines is 1. The number of rotatable bonds is 4. The van der Waals surface area contributed by atoms with Crippen molar-refractivity contribution in [3.05, 3.63) is 45.6 Å². The van der Waals surface area contributed by atoms with Crippen LogP contribution in [-0.2, 0) is 12.8 Å². The van der Waals surface area contributed by atoms with Gasteiger partial charge in [0, 0.05) is 7.05 Å². The van der Waals surface area contributed by atoms with E-state index in [4.69, 9.17) is 5.84 Å². The molecule has 0 unspecified atom stereocenters. The lowest BCUT2D eigenvalue weighted by atomic mass is 10.0. The maximum Gasteiger partial charge on any atom is 0.356 e. The maximum atomic E-state index is 12.4. The molecule has 1 heterocycles. The van der Waals surface area contributed by atoms with Gasteiger partial charge in [0.25, 0.3) is 0 Å². The maximum absolute atomic E-state index is 12.4. The Kier molecular flexibility index (Phi) is 4.37. The van der Waals surface area contributed by atoms with Gasteiger partial charge in [0.2, 0.25) is 5.95 Å². The number of hydrogen-bond acceptors (Lipinski definition) is 5. The third-order valence-electron chi connectivity index (χ3n) is 3.48. The van der Waals surface area contributed by atoms with Crippen LogP contribution in [0.4, 0.5) is 5.95 Å². The van der Waals surface area contributed by atoms with Crippen molar-refractivity contribution in [1.82, 2.24) is 14.5 Å². The van der Waals surface area contributed by atoms with Gasteiger partial charge in [0.15, 0.2) is 0 Å². The van der Waals surface area contributed by atoms with Crippen molar-refractivity contribution < 1.29 is 0 Å². The summed E-state index contributed by atoms with van der Waals surface area (Å²) in [6, 6.07) is 6.08. The van der Waals surface area contributed by atoms with Crippen molar-refractivity contribution in [1.29, 1.82) is 0 Å². The molecule has 6 nitrogen and oxygen atoms in total. The molecule has 0 amide bonds. The topological polar surface area (TPSA) is 77.0 Å². The quantitative estimate of drug-likeness (QED) is 0.679. The summed E-state index contributed by atoms with van der Waals surface area (Å²) < 4.78 is 1.57. The largest absolute Gasteiger partial charge is 0.356 e. The normalized spacial score (nSPS) is 10.7. The number of hydrazine groups is 1. The molecule has 2 rings (SSSR count). The van der Waals surface area contributed by atoms with Gasteiger partial charge in [-0.1, -0.05) is 32.0 Å². The highest BCUT2D eigenvalue weighted by atomic mass is 16.1. The van der Waals surface area contributed by atoms with E-state index in [0.717, 1.165) is 29.7 Å². The van der Waals surface area contributed by atoms with E-state index in [1.165, 1.54) is 5.01 Å². The van der Waals surface area contributed by atoms with Gasteiger partial charge in [-0.2, -0.15) is 9.97 Å². The molecule has 0 aliphatic rings. The molecule has 112 valence electrons. The van der Waals surface area contributed by atoms with Crippen LogP contribution in [0.1, 0.15) is 30.8 Å². The number of nitrogens with two attached hydrogens (primary N) is 1. The molecule has 0 bridgehead atoms. The number of hydrogen-bond donors (Lipinski definition) is 1. The van der Waals surface area contributed by atoms with Gasteiger partial charge in [-0.15, -0.1) is 0 Å². The van der Waals surface area contributed by atoms with Crippen molar-refractivity contribution in [2.45, 2.75) is 33.6 Å². The zero-order chi connectivity index (χ0) is 15.6. The minimum atomic E-state index is -0.356. The molecule has 0 saturated heterocycles. The van der Waals surface area contributed by atoms with Gasteiger partial charge in [0.05, 0.1) is 5.69 Å². The van der Waals surface area contributed by atoms with Crippen molar-refractivity contribution >= 4 is 5.95 Å². The fourth-order valence-electron chi connectivity index (χ4n) is 2.41. The molecule has 2 N–H and O–H groups in total. The Balaban J connectivity index is 2.76. The fourth-order valence-corrected chi connectivity index (χ4v) is 2.41. The van der Waals surface area contributed by atoms with Gasteiger partial charge in [-0.3, -0.25) is 5.01 Å². The molecule has 21 heavy (non-hydrogen) atoms. The molecular weight excluding hydrogens is 266 g/mol. The van der Waals surface area contributed by atoms with Gasteiger partial charge in [-0.25, -0.2) is 15.2 Å². The van der Waals surface area contributed by atoms with Crippen molar-refractivity contribution in [2.24, 2.45) is 5.84 Å². The monoisotopic (exact) mass is 287 g/mol. The van der Waals surface area contributed by atoms with E-state index in [1.807, 2.05) is 18.2 Å². The molecule has 6 heteroatoms. The van der Waals surface area contributed by atoms with Crippen LogP contribution in [0.5, 0.6) is 0 Å². The highest BCUT2D eigenvalue weighted by molar-refractivity contribution is 5.49. The first kappa shape index (κ1) is 15.2. The second-order valence-electron chi connectivity index (χ2n) is 4.93. The number of para-hydroxylation sites is 1. The summed E-state index contributed by atoms with van der Waals surface area (Å²) in [5.74, 6) is 6.42. The zero-order valence-corrected chi connectivity index (χ0v) is 12.9. The zero-order valence-electron chi connectivity index (χ0n) is 12.9. The fraction of sp³-hybridized carbons (Fsp3) is 0.400. The number of nitrogens with zero attached hydrogens (tertiary/aromatic N) is 4. The van der Waals surface area contributed by atoms with Crippen molar-refractivity contribution in [3.63, 3.8) is 0 Å². The van der Waals surface area contributed by atoms with Crippen molar-refractivity contribution in [3.8, 4) is 5.69 Å². The SMILES string of the molecule is CCc1cccc(CC)c1-n1c(C)nc(N(C)N)nc1=O. The molecule has 2 aromatic rings. The number of benzene rings is 1. The summed E-state index contributed by atoms with van der Waals surface area (Å²) >= 11 is 0. The summed E-state index contributed by atoms with van der Waals surface area (Å²) in [6.45, 7) is 5.94. The van der Waals surface area contributed by atoms with E-state index in [-0.39, 0.29) is 11.6 Å². The van der Waals surface area contributed by atoms with E-state index < -0.39 is 0 Å². The highest BCUT2D eigenvalue weighted by Crippen LogP contribution is 2.21. The van der Waals surface area contributed by atoms with E-state index >= 15 is 0 Å². The molecule has 0 fully saturated rings. The van der Waals surface area contributed by atoms with Gasteiger partial charge in [-0.05, 0) is 30.9 Å². The minimum absolute atomic E-state index is 0.223. The standard InChI is InChI=1S/C15H21N5O/c1-5-11-8-7-9-12(6-2)13(11)20-10(3)17-14(19(4)16)18-15(20)21/h7-9H,5-6,16H2,1-4H3. The first-order valence-electron chi connectivity index (χ1n) is 7.06. The number of aryl methyl sites for hydroxylation is 3. The molecule has 0 saturated carbocycles. The molecule has 0 aliphatic heterocycles. The smallest absolute Gasteiger partial charge is 0.282 e. The molecular formula is C15H21N5O. The van der Waals surface area contributed by atoms with Crippen molar-refractivity contribution in [2.75, 3.05) is 12.1 Å². The van der Waals surface area contributed by atoms with Crippen LogP contribution in [0.25, 0.3) is 5.69 Å². The van der Waals surface area contributed by atoms with E-state index in [9.17, 15) is 4.79 Å².